The highest BCUT2D eigenvalue weighted by atomic mass is 16.5. The number of nitrogens with zero attached hydrogens (tertiary/aromatic N) is 6. The van der Waals surface area contributed by atoms with E-state index < -0.39 is 0 Å². The van der Waals surface area contributed by atoms with Crippen molar-refractivity contribution in [3.05, 3.63) is 37.2 Å². The maximum atomic E-state index is 5.13. The summed E-state index contributed by atoms with van der Waals surface area (Å²) in [5.41, 5.74) is 0.886. The maximum Gasteiger partial charge on any atom is 0.218 e. The van der Waals surface area contributed by atoms with Crippen LogP contribution in [0.15, 0.2) is 37.2 Å². The fraction of sp³-hybridized carbons (Fsp3) is 0.333. The van der Waals surface area contributed by atoms with Crippen molar-refractivity contribution >= 4 is 17.3 Å². The molecule has 1 aliphatic rings. The van der Waals surface area contributed by atoms with Gasteiger partial charge in [0.25, 0.3) is 0 Å². The summed E-state index contributed by atoms with van der Waals surface area (Å²) in [6.07, 6.45) is 9.94. The van der Waals surface area contributed by atoms with Crippen molar-refractivity contribution in [2.45, 2.75) is 12.5 Å². The molecule has 0 aliphatic carbocycles. The summed E-state index contributed by atoms with van der Waals surface area (Å²) >= 11 is 0. The molecule has 1 atom stereocenters. The third-order valence-corrected chi connectivity index (χ3v) is 3.98. The van der Waals surface area contributed by atoms with Crippen LogP contribution < -0.4 is 15.0 Å². The number of anilines is 2. The molecule has 3 aromatic rings. The van der Waals surface area contributed by atoms with E-state index in [0.717, 1.165) is 36.8 Å². The second-order valence-electron chi connectivity index (χ2n) is 5.43. The van der Waals surface area contributed by atoms with Gasteiger partial charge in [0.1, 0.15) is 12.1 Å². The molecule has 23 heavy (non-hydrogen) atoms. The molecule has 118 valence electrons. The van der Waals surface area contributed by atoms with Crippen LogP contribution in [-0.4, -0.2) is 50.6 Å². The van der Waals surface area contributed by atoms with Gasteiger partial charge in [-0.1, -0.05) is 0 Å². The van der Waals surface area contributed by atoms with E-state index >= 15 is 0 Å². The zero-order valence-electron chi connectivity index (χ0n) is 12.8. The number of hydrogen-bond donors (Lipinski definition) is 1. The van der Waals surface area contributed by atoms with E-state index in [1.54, 1.807) is 25.6 Å². The van der Waals surface area contributed by atoms with Crippen LogP contribution in [0.3, 0.4) is 0 Å². The van der Waals surface area contributed by atoms with Gasteiger partial charge in [0.15, 0.2) is 11.5 Å². The molecule has 0 spiro atoms. The van der Waals surface area contributed by atoms with Gasteiger partial charge in [-0.2, -0.15) is 0 Å². The van der Waals surface area contributed by atoms with Crippen LogP contribution in [0.2, 0.25) is 0 Å². The van der Waals surface area contributed by atoms with E-state index in [0.29, 0.717) is 11.9 Å². The summed E-state index contributed by atoms with van der Waals surface area (Å²) in [6, 6.07) is 2.10. The topological polar surface area (TPSA) is 80.5 Å². The number of aromatic nitrogens is 5. The third-order valence-electron chi connectivity index (χ3n) is 3.98. The summed E-state index contributed by atoms with van der Waals surface area (Å²) in [5.74, 6) is 2.25. The Bertz CT molecular complexity index is 818. The molecule has 0 aromatic carbocycles. The molecule has 0 radical (unpaired) electrons. The van der Waals surface area contributed by atoms with E-state index in [1.807, 2.05) is 16.8 Å². The summed E-state index contributed by atoms with van der Waals surface area (Å²) in [4.78, 5) is 19.4. The molecule has 1 unspecified atom stereocenters. The minimum absolute atomic E-state index is 0.298. The predicted molar refractivity (Wildman–Crippen MR) is 85.8 cm³/mol. The Labute approximate surface area is 133 Å². The SMILES string of the molecule is COc1cc(NC2CCN(c3nccn4ccnc34)C2)ncn1. The first-order chi connectivity index (χ1) is 11.3. The molecular weight excluding hydrogens is 294 g/mol. The van der Waals surface area contributed by atoms with Gasteiger partial charge in [-0.3, -0.25) is 0 Å². The summed E-state index contributed by atoms with van der Waals surface area (Å²) < 4.78 is 7.11. The average molecular weight is 311 g/mol. The second kappa shape index (κ2) is 5.71. The van der Waals surface area contributed by atoms with E-state index in [-0.39, 0.29) is 0 Å². The van der Waals surface area contributed by atoms with Gasteiger partial charge >= 0.3 is 0 Å². The van der Waals surface area contributed by atoms with Crippen LogP contribution in [0.4, 0.5) is 11.6 Å². The van der Waals surface area contributed by atoms with Crippen LogP contribution in [0.5, 0.6) is 5.88 Å². The molecule has 0 saturated carbocycles. The van der Waals surface area contributed by atoms with Crippen molar-refractivity contribution in [3.63, 3.8) is 0 Å². The normalized spacial score (nSPS) is 17.6. The van der Waals surface area contributed by atoms with Crippen LogP contribution in [0.1, 0.15) is 6.42 Å². The van der Waals surface area contributed by atoms with Crippen molar-refractivity contribution in [3.8, 4) is 5.88 Å². The van der Waals surface area contributed by atoms with Gasteiger partial charge < -0.3 is 19.4 Å². The molecule has 4 rings (SSSR count). The monoisotopic (exact) mass is 311 g/mol. The second-order valence-corrected chi connectivity index (χ2v) is 5.43. The van der Waals surface area contributed by atoms with E-state index in [9.17, 15) is 0 Å². The van der Waals surface area contributed by atoms with Gasteiger partial charge in [0, 0.05) is 50.0 Å². The van der Waals surface area contributed by atoms with Crippen LogP contribution in [0, 0.1) is 0 Å². The molecule has 4 heterocycles. The Kier molecular flexibility index (Phi) is 3.41. The first-order valence-corrected chi connectivity index (χ1v) is 7.48. The Hall–Kier alpha value is -2.90. The van der Waals surface area contributed by atoms with Gasteiger partial charge in [-0.25, -0.2) is 19.9 Å². The quantitative estimate of drug-likeness (QED) is 0.776. The van der Waals surface area contributed by atoms with Crippen LogP contribution >= 0.6 is 0 Å². The molecular formula is C15H17N7O. The maximum absolute atomic E-state index is 5.13. The minimum atomic E-state index is 0.298. The fourth-order valence-electron chi connectivity index (χ4n) is 2.87. The number of hydrogen-bond acceptors (Lipinski definition) is 7. The van der Waals surface area contributed by atoms with Crippen molar-refractivity contribution < 1.29 is 4.74 Å². The molecule has 1 N–H and O–H groups in total. The summed E-state index contributed by atoms with van der Waals surface area (Å²) in [5, 5.41) is 3.43. The highest BCUT2D eigenvalue weighted by molar-refractivity contribution is 5.64. The lowest BCUT2D eigenvalue weighted by Gasteiger charge is -2.18. The lowest BCUT2D eigenvalue weighted by molar-refractivity contribution is 0.397. The Balaban J connectivity index is 1.49. The van der Waals surface area contributed by atoms with Crippen molar-refractivity contribution in [1.82, 2.24) is 24.3 Å². The minimum Gasteiger partial charge on any atom is -0.481 e. The van der Waals surface area contributed by atoms with Crippen molar-refractivity contribution in [1.29, 1.82) is 0 Å². The van der Waals surface area contributed by atoms with Gasteiger partial charge in [0.05, 0.1) is 7.11 Å². The number of nitrogens with one attached hydrogen (secondary N) is 1. The van der Waals surface area contributed by atoms with E-state index in [2.05, 4.69) is 30.2 Å². The molecule has 1 saturated heterocycles. The molecule has 8 heteroatoms. The largest absolute Gasteiger partial charge is 0.481 e. The number of rotatable bonds is 4. The fourth-order valence-corrected chi connectivity index (χ4v) is 2.87. The molecule has 1 fully saturated rings. The van der Waals surface area contributed by atoms with Crippen molar-refractivity contribution in [2.24, 2.45) is 0 Å². The lowest BCUT2D eigenvalue weighted by Crippen LogP contribution is -2.27. The Morgan fingerprint density at radius 2 is 2.04 bits per heavy atom. The van der Waals surface area contributed by atoms with Crippen LogP contribution in [0.25, 0.3) is 5.65 Å². The molecule has 3 aromatic heterocycles. The predicted octanol–water partition coefficient (Wildman–Crippen LogP) is 1.22. The first-order valence-electron chi connectivity index (χ1n) is 7.48. The molecule has 8 nitrogen and oxygen atoms in total. The van der Waals surface area contributed by atoms with Crippen molar-refractivity contribution in [2.75, 3.05) is 30.4 Å². The van der Waals surface area contributed by atoms with Crippen LogP contribution in [-0.2, 0) is 0 Å². The standard InChI is InChI=1S/C15H17N7O/c1-23-13-8-12(18-10-19-13)20-11-2-5-22(9-11)15-14-16-3-6-21(14)7-4-17-15/h3-4,6-8,10-11H,2,5,9H2,1H3,(H,18,19,20). The average Bonchev–Trinajstić information content (AvgIpc) is 3.23. The number of fused-ring (bicyclic) bond motifs is 1. The van der Waals surface area contributed by atoms with Gasteiger partial charge in [-0.05, 0) is 6.42 Å². The highest BCUT2D eigenvalue weighted by Gasteiger charge is 2.25. The molecule has 0 amide bonds. The summed E-state index contributed by atoms with van der Waals surface area (Å²) in [7, 11) is 1.60. The summed E-state index contributed by atoms with van der Waals surface area (Å²) in [6.45, 7) is 1.78. The molecule has 1 aliphatic heterocycles. The zero-order chi connectivity index (χ0) is 15.6. The number of imidazole rings is 1. The number of ether oxygens (including phenoxy) is 1. The highest BCUT2D eigenvalue weighted by Crippen LogP contribution is 2.23. The Morgan fingerprint density at radius 3 is 2.91 bits per heavy atom. The third kappa shape index (κ3) is 2.63. The van der Waals surface area contributed by atoms with E-state index in [1.165, 1.54) is 6.33 Å². The Morgan fingerprint density at radius 1 is 1.17 bits per heavy atom. The first kappa shape index (κ1) is 13.7. The smallest absolute Gasteiger partial charge is 0.218 e. The number of methoxy groups -OCH3 is 1. The van der Waals surface area contributed by atoms with Gasteiger partial charge in [0.2, 0.25) is 5.88 Å². The molecule has 0 bridgehead atoms. The van der Waals surface area contributed by atoms with Gasteiger partial charge in [-0.15, -0.1) is 0 Å². The van der Waals surface area contributed by atoms with E-state index in [4.69, 9.17) is 4.74 Å². The zero-order valence-corrected chi connectivity index (χ0v) is 12.8. The lowest BCUT2D eigenvalue weighted by atomic mass is 10.2.